The lowest BCUT2D eigenvalue weighted by Gasteiger charge is -2.21. The van der Waals surface area contributed by atoms with E-state index in [1.807, 2.05) is 18.6 Å². The molecular formula is C24H43N5. The van der Waals surface area contributed by atoms with Crippen LogP contribution in [0.25, 0.3) is 0 Å². The van der Waals surface area contributed by atoms with Crippen LogP contribution in [0.15, 0.2) is 29.7 Å². The lowest BCUT2D eigenvalue weighted by atomic mass is 10.1. The second-order valence-corrected chi connectivity index (χ2v) is 8.35. The number of aromatic amines is 1. The molecule has 5 heteroatoms. The Balaban J connectivity index is 1.52. The maximum atomic E-state index is 4.49. The van der Waals surface area contributed by atoms with Crippen LogP contribution in [0, 0.1) is 0 Å². The van der Waals surface area contributed by atoms with Gasteiger partial charge >= 0.3 is 0 Å². The second-order valence-electron chi connectivity index (χ2n) is 8.35. The molecule has 2 rings (SSSR count). The highest BCUT2D eigenvalue weighted by Gasteiger charge is 2.12. The zero-order valence-corrected chi connectivity index (χ0v) is 18.9. The van der Waals surface area contributed by atoms with Crippen molar-refractivity contribution in [2.24, 2.45) is 4.99 Å². The number of imidazole rings is 1. The van der Waals surface area contributed by atoms with Gasteiger partial charge in [0, 0.05) is 37.3 Å². The van der Waals surface area contributed by atoms with E-state index in [0.717, 1.165) is 31.9 Å². The number of nitrogens with zero attached hydrogens (tertiary/aromatic N) is 4. The van der Waals surface area contributed by atoms with E-state index in [4.69, 9.17) is 0 Å². The number of allylic oxidation sites excluding steroid dienone is 1. The normalized spacial score (nSPS) is 13.7. The molecule has 0 atom stereocenters. The predicted octanol–water partition coefficient (Wildman–Crippen LogP) is 5.42. The molecule has 0 saturated carbocycles. The molecule has 164 valence electrons. The average Bonchev–Trinajstić information content (AvgIpc) is 3.41. The summed E-state index contributed by atoms with van der Waals surface area (Å²) in [5.41, 5.74) is 1.27. The minimum Gasteiger partial charge on any atom is -0.348 e. The summed E-state index contributed by atoms with van der Waals surface area (Å²) in [4.78, 5) is 17.2. The van der Waals surface area contributed by atoms with Crippen LogP contribution in [0.1, 0.15) is 83.9 Å². The number of unbranched alkanes of at least 4 members (excludes halogenated alkanes) is 6. The Morgan fingerprint density at radius 2 is 1.48 bits per heavy atom. The van der Waals surface area contributed by atoms with E-state index in [-0.39, 0.29) is 0 Å². The molecule has 0 aromatic carbocycles. The highest BCUT2D eigenvalue weighted by Crippen LogP contribution is 2.11. The highest BCUT2D eigenvalue weighted by molar-refractivity contribution is 5.89. The summed E-state index contributed by atoms with van der Waals surface area (Å²) in [5, 5.41) is 0. The van der Waals surface area contributed by atoms with Gasteiger partial charge in [-0.25, -0.2) is 4.98 Å². The molecule has 1 aliphatic heterocycles. The summed E-state index contributed by atoms with van der Waals surface area (Å²) in [6.07, 6.45) is 20.9. The van der Waals surface area contributed by atoms with E-state index in [1.165, 1.54) is 83.1 Å². The zero-order valence-electron chi connectivity index (χ0n) is 18.9. The van der Waals surface area contributed by atoms with Crippen LogP contribution in [0.2, 0.25) is 0 Å². The average molecular weight is 402 g/mol. The molecule has 0 radical (unpaired) electrons. The van der Waals surface area contributed by atoms with Crippen LogP contribution in [0.5, 0.6) is 0 Å². The van der Waals surface area contributed by atoms with Crippen molar-refractivity contribution in [3.05, 3.63) is 30.5 Å². The third-order valence-corrected chi connectivity index (χ3v) is 5.58. The summed E-state index contributed by atoms with van der Waals surface area (Å²) in [6, 6.07) is 0. The van der Waals surface area contributed by atoms with Crippen molar-refractivity contribution in [1.82, 2.24) is 19.8 Å². The number of rotatable bonds is 18. The Morgan fingerprint density at radius 1 is 0.828 bits per heavy atom. The number of nitrogens with one attached hydrogen (secondary N) is 1. The molecule has 0 bridgehead atoms. The molecule has 1 aromatic heterocycles. The van der Waals surface area contributed by atoms with Crippen molar-refractivity contribution in [3.8, 4) is 0 Å². The molecule has 1 N–H and O–H groups in total. The molecule has 29 heavy (non-hydrogen) atoms. The van der Waals surface area contributed by atoms with Gasteiger partial charge in [-0.3, -0.25) is 9.89 Å². The summed E-state index contributed by atoms with van der Waals surface area (Å²) in [7, 11) is 0. The fourth-order valence-corrected chi connectivity index (χ4v) is 4.10. The molecule has 0 aliphatic carbocycles. The first-order valence-corrected chi connectivity index (χ1v) is 11.9. The number of H-pyrrole nitrogens is 1. The highest BCUT2D eigenvalue weighted by atomic mass is 15.2. The van der Waals surface area contributed by atoms with Crippen LogP contribution in [0.4, 0.5) is 0 Å². The lowest BCUT2D eigenvalue weighted by molar-refractivity contribution is 0.267. The quantitative estimate of drug-likeness (QED) is 0.334. The molecule has 0 saturated heterocycles. The van der Waals surface area contributed by atoms with Crippen molar-refractivity contribution in [1.29, 1.82) is 0 Å². The van der Waals surface area contributed by atoms with Crippen molar-refractivity contribution in [2.75, 3.05) is 32.7 Å². The van der Waals surface area contributed by atoms with Crippen molar-refractivity contribution < 1.29 is 0 Å². The number of hydrogen-bond donors (Lipinski definition) is 1. The zero-order chi connectivity index (χ0) is 20.6. The third-order valence-electron chi connectivity index (χ3n) is 5.58. The smallest absolute Gasteiger partial charge is 0.120 e. The first-order chi connectivity index (χ1) is 14.3. The van der Waals surface area contributed by atoms with Gasteiger partial charge in [-0.2, -0.15) is 0 Å². The topological polar surface area (TPSA) is 47.5 Å². The summed E-state index contributed by atoms with van der Waals surface area (Å²) in [6.45, 7) is 11.4. The number of aliphatic imine (C=N–C) groups is 1. The molecule has 0 spiro atoms. The Morgan fingerprint density at radius 3 is 2.03 bits per heavy atom. The van der Waals surface area contributed by atoms with E-state index in [9.17, 15) is 0 Å². The minimum absolute atomic E-state index is 0.887. The Kier molecular flexibility index (Phi) is 12.6. The number of hydrogen-bond acceptors (Lipinski definition) is 4. The standard InChI is InChI=1S/C24H43N5/c1-3-17-28(18-4-2)19-10-8-6-5-7-9-11-20-29(21-23-13-12-14-25-23)22-24-26-15-16-27-24/h12,14-16H,3-11,13,17-22H2,1-2H3,(H,26,27). The summed E-state index contributed by atoms with van der Waals surface area (Å²) < 4.78 is 0. The molecule has 1 aromatic rings. The second kappa shape index (κ2) is 15.4. The Labute approximate surface area is 178 Å². The van der Waals surface area contributed by atoms with Gasteiger partial charge in [0.15, 0.2) is 0 Å². The lowest BCUT2D eigenvalue weighted by Crippen LogP contribution is -2.30. The SMILES string of the molecule is CCCN(CCC)CCCCCCCCCN(CC1=NC=CC1)Cc1ncc[nH]1. The largest absolute Gasteiger partial charge is 0.348 e. The van der Waals surface area contributed by atoms with Gasteiger partial charge in [0.05, 0.1) is 6.54 Å². The monoisotopic (exact) mass is 401 g/mol. The van der Waals surface area contributed by atoms with Crippen LogP contribution in [0.3, 0.4) is 0 Å². The molecule has 0 unspecified atom stereocenters. The van der Waals surface area contributed by atoms with Crippen molar-refractivity contribution >= 4 is 5.71 Å². The predicted molar refractivity (Wildman–Crippen MR) is 124 cm³/mol. The van der Waals surface area contributed by atoms with E-state index in [1.54, 1.807) is 0 Å². The maximum Gasteiger partial charge on any atom is 0.120 e. The fraction of sp³-hybridized carbons (Fsp3) is 0.750. The van der Waals surface area contributed by atoms with Crippen LogP contribution < -0.4 is 0 Å². The van der Waals surface area contributed by atoms with Gasteiger partial charge in [0.25, 0.3) is 0 Å². The van der Waals surface area contributed by atoms with Gasteiger partial charge in [0.2, 0.25) is 0 Å². The van der Waals surface area contributed by atoms with E-state index < -0.39 is 0 Å². The molecule has 2 heterocycles. The molecular weight excluding hydrogens is 358 g/mol. The van der Waals surface area contributed by atoms with Crippen molar-refractivity contribution in [3.63, 3.8) is 0 Å². The maximum absolute atomic E-state index is 4.49. The Hall–Kier alpha value is -1.46. The van der Waals surface area contributed by atoms with E-state index >= 15 is 0 Å². The summed E-state index contributed by atoms with van der Waals surface area (Å²) >= 11 is 0. The first kappa shape index (κ1) is 23.8. The molecule has 0 amide bonds. The molecule has 1 aliphatic rings. The van der Waals surface area contributed by atoms with Crippen LogP contribution >= 0.6 is 0 Å². The van der Waals surface area contributed by atoms with Gasteiger partial charge in [-0.15, -0.1) is 0 Å². The third kappa shape index (κ3) is 10.8. The van der Waals surface area contributed by atoms with Gasteiger partial charge in [0.1, 0.15) is 5.82 Å². The van der Waals surface area contributed by atoms with E-state index in [2.05, 4.69) is 44.7 Å². The Bertz CT molecular complexity index is 558. The molecule has 5 nitrogen and oxygen atoms in total. The van der Waals surface area contributed by atoms with Crippen LogP contribution in [-0.2, 0) is 6.54 Å². The molecule has 0 fully saturated rings. The summed E-state index contributed by atoms with van der Waals surface area (Å²) in [5.74, 6) is 1.05. The van der Waals surface area contributed by atoms with Gasteiger partial charge in [-0.05, 0) is 51.9 Å². The van der Waals surface area contributed by atoms with Crippen molar-refractivity contribution in [2.45, 2.75) is 84.6 Å². The van der Waals surface area contributed by atoms with Gasteiger partial charge in [-0.1, -0.05) is 52.0 Å². The van der Waals surface area contributed by atoms with Gasteiger partial charge < -0.3 is 9.88 Å². The fourth-order valence-electron chi connectivity index (χ4n) is 4.10. The van der Waals surface area contributed by atoms with Crippen LogP contribution in [-0.4, -0.2) is 58.2 Å². The van der Waals surface area contributed by atoms with E-state index in [0.29, 0.717) is 0 Å². The number of aromatic nitrogens is 2. The first-order valence-electron chi connectivity index (χ1n) is 11.9. The minimum atomic E-state index is 0.887.